The molecule has 31 heavy (non-hydrogen) atoms. The van der Waals surface area contributed by atoms with E-state index < -0.39 is 21.8 Å². The van der Waals surface area contributed by atoms with E-state index in [9.17, 15) is 21.6 Å². The third-order valence-electron chi connectivity index (χ3n) is 4.33. The highest BCUT2D eigenvalue weighted by Crippen LogP contribution is 2.29. The molecule has 0 fully saturated rings. The number of alkyl halides is 3. The second-order valence-corrected chi connectivity index (χ2v) is 8.24. The third kappa shape index (κ3) is 4.70. The predicted octanol–water partition coefficient (Wildman–Crippen LogP) is 4.78. The lowest BCUT2D eigenvalue weighted by atomic mass is 10.1. The molecular formula is C22H14F3N3O2S. The van der Waals surface area contributed by atoms with E-state index >= 15 is 0 Å². The summed E-state index contributed by atoms with van der Waals surface area (Å²) < 4.78 is 65.3. The van der Waals surface area contributed by atoms with Crippen molar-refractivity contribution >= 4 is 26.7 Å². The first-order chi connectivity index (χ1) is 14.7. The van der Waals surface area contributed by atoms with Crippen molar-refractivity contribution in [1.29, 1.82) is 0 Å². The largest absolute Gasteiger partial charge is 0.416 e. The van der Waals surface area contributed by atoms with Crippen molar-refractivity contribution in [2.24, 2.45) is 0 Å². The number of rotatable bonds is 3. The first kappa shape index (κ1) is 20.5. The normalized spacial score (nSPS) is 11.7. The van der Waals surface area contributed by atoms with Gasteiger partial charge in [0.1, 0.15) is 0 Å². The minimum atomic E-state index is -4.40. The van der Waals surface area contributed by atoms with Crippen LogP contribution in [0.25, 0.3) is 11.0 Å². The summed E-state index contributed by atoms with van der Waals surface area (Å²) >= 11 is 0. The fraction of sp³-hybridized carbons (Fsp3) is 0.0455. The molecule has 0 aliphatic carbocycles. The molecule has 4 aromatic rings. The van der Waals surface area contributed by atoms with Gasteiger partial charge in [0, 0.05) is 5.56 Å². The van der Waals surface area contributed by atoms with Gasteiger partial charge in [-0.25, -0.2) is 13.4 Å². The number of nitrogens with one attached hydrogen (secondary N) is 2. The van der Waals surface area contributed by atoms with Crippen molar-refractivity contribution in [1.82, 2.24) is 9.97 Å². The SMILES string of the molecule is O=S(=O)(Nc1ccc2nc(C#Cc3ccc(C(F)(F)F)cc3)[nH]c2c1)c1ccccc1. The van der Waals surface area contributed by atoms with E-state index in [1.165, 1.54) is 24.3 Å². The zero-order valence-corrected chi connectivity index (χ0v) is 16.6. The maximum Gasteiger partial charge on any atom is 0.416 e. The second kappa shape index (κ2) is 7.81. The minimum absolute atomic E-state index is 0.141. The summed E-state index contributed by atoms with van der Waals surface area (Å²) in [6.45, 7) is 0. The molecule has 0 saturated heterocycles. The number of aromatic nitrogens is 2. The fourth-order valence-corrected chi connectivity index (χ4v) is 3.89. The van der Waals surface area contributed by atoms with Crippen LogP contribution in [0.4, 0.5) is 18.9 Å². The minimum Gasteiger partial charge on any atom is -0.331 e. The Morgan fingerprint density at radius 2 is 1.61 bits per heavy atom. The van der Waals surface area contributed by atoms with E-state index in [1.807, 2.05) is 0 Å². The molecule has 9 heteroatoms. The summed E-state index contributed by atoms with van der Waals surface area (Å²) in [6, 6.07) is 17.3. The summed E-state index contributed by atoms with van der Waals surface area (Å²) in [4.78, 5) is 7.40. The summed E-state index contributed by atoms with van der Waals surface area (Å²) in [5, 5.41) is 0. The molecule has 0 radical (unpaired) electrons. The Hall–Kier alpha value is -3.77. The quantitative estimate of drug-likeness (QED) is 0.449. The molecule has 156 valence electrons. The molecule has 0 aliphatic heterocycles. The lowest BCUT2D eigenvalue weighted by molar-refractivity contribution is -0.137. The van der Waals surface area contributed by atoms with E-state index in [0.29, 0.717) is 28.1 Å². The molecule has 0 bridgehead atoms. The Kier molecular flexibility index (Phi) is 5.17. The van der Waals surface area contributed by atoms with Gasteiger partial charge >= 0.3 is 6.18 Å². The summed E-state index contributed by atoms with van der Waals surface area (Å²) in [7, 11) is -3.73. The molecule has 5 nitrogen and oxygen atoms in total. The van der Waals surface area contributed by atoms with Crippen LogP contribution in [-0.4, -0.2) is 18.4 Å². The highest BCUT2D eigenvalue weighted by atomic mass is 32.2. The molecule has 3 aromatic carbocycles. The predicted molar refractivity (Wildman–Crippen MR) is 111 cm³/mol. The number of H-pyrrole nitrogens is 1. The van der Waals surface area contributed by atoms with Crippen LogP contribution in [0, 0.1) is 11.8 Å². The Morgan fingerprint density at radius 3 is 2.29 bits per heavy atom. The molecule has 0 atom stereocenters. The summed E-state index contributed by atoms with van der Waals surface area (Å²) in [5.41, 5.74) is 1.14. The van der Waals surface area contributed by atoms with E-state index in [2.05, 4.69) is 26.5 Å². The first-order valence-corrected chi connectivity index (χ1v) is 10.5. The first-order valence-electron chi connectivity index (χ1n) is 8.98. The Bertz CT molecular complexity index is 1400. The van der Waals surface area contributed by atoms with E-state index in [4.69, 9.17) is 0 Å². The van der Waals surface area contributed by atoms with Gasteiger partial charge in [0.15, 0.2) is 5.82 Å². The number of imidazole rings is 1. The van der Waals surface area contributed by atoms with Crippen LogP contribution < -0.4 is 4.72 Å². The number of aromatic amines is 1. The highest BCUT2D eigenvalue weighted by Gasteiger charge is 2.29. The molecule has 0 saturated carbocycles. The zero-order chi connectivity index (χ0) is 22.1. The van der Waals surface area contributed by atoms with Crippen LogP contribution in [0.3, 0.4) is 0 Å². The van der Waals surface area contributed by atoms with Crippen LogP contribution >= 0.6 is 0 Å². The van der Waals surface area contributed by atoms with Gasteiger partial charge in [-0.2, -0.15) is 13.2 Å². The third-order valence-corrected chi connectivity index (χ3v) is 5.72. The average Bonchev–Trinajstić information content (AvgIpc) is 3.14. The standard InChI is InChI=1S/C22H14F3N3O2S/c23-22(24,25)16-9-6-15(7-10-16)8-13-21-26-19-12-11-17(14-20(19)27-21)28-31(29,30)18-4-2-1-3-5-18/h1-7,9-12,14,28H,(H,26,27). The number of fused-ring (bicyclic) bond motifs is 1. The van der Waals surface area contributed by atoms with Crippen molar-refractivity contribution in [3.05, 3.63) is 89.7 Å². The molecule has 0 aliphatic rings. The van der Waals surface area contributed by atoms with Gasteiger partial charge < -0.3 is 4.98 Å². The zero-order valence-electron chi connectivity index (χ0n) is 15.7. The Morgan fingerprint density at radius 1 is 0.903 bits per heavy atom. The number of benzene rings is 3. The molecule has 1 aromatic heterocycles. The molecule has 2 N–H and O–H groups in total. The molecular weight excluding hydrogens is 427 g/mol. The fourth-order valence-electron chi connectivity index (χ4n) is 2.82. The second-order valence-electron chi connectivity index (χ2n) is 6.56. The number of nitrogens with zero attached hydrogens (tertiary/aromatic N) is 1. The van der Waals surface area contributed by atoms with Crippen LogP contribution in [0.1, 0.15) is 17.0 Å². The molecule has 0 amide bonds. The van der Waals surface area contributed by atoms with Gasteiger partial charge in [-0.05, 0) is 60.5 Å². The molecule has 1 heterocycles. The van der Waals surface area contributed by atoms with Gasteiger partial charge in [-0.15, -0.1) is 0 Å². The van der Waals surface area contributed by atoms with Crippen LogP contribution in [0.15, 0.2) is 77.7 Å². The number of halogens is 3. The van der Waals surface area contributed by atoms with Crippen molar-refractivity contribution in [2.75, 3.05) is 4.72 Å². The maximum atomic E-state index is 12.6. The maximum absolute atomic E-state index is 12.6. The van der Waals surface area contributed by atoms with Crippen LogP contribution in [-0.2, 0) is 16.2 Å². The average molecular weight is 441 g/mol. The molecule has 4 rings (SSSR count). The topological polar surface area (TPSA) is 74.8 Å². The summed E-state index contributed by atoms with van der Waals surface area (Å²) in [6.07, 6.45) is -4.40. The lowest BCUT2D eigenvalue weighted by Crippen LogP contribution is -2.12. The van der Waals surface area contributed by atoms with Crippen molar-refractivity contribution in [2.45, 2.75) is 11.1 Å². The number of anilines is 1. The summed E-state index contributed by atoms with van der Waals surface area (Å²) in [5.74, 6) is 5.82. The number of hydrogen-bond acceptors (Lipinski definition) is 3. The van der Waals surface area contributed by atoms with E-state index in [0.717, 1.165) is 12.1 Å². The van der Waals surface area contributed by atoms with Gasteiger partial charge in [0.25, 0.3) is 10.0 Å². The Labute approximate surface area is 176 Å². The van der Waals surface area contributed by atoms with E-state index in [-0.39, 0.29) is 4.90 Å². The van der Waals surface area contributed by atoms with Gasteiger partial charge in [0.05, 0.1) is 27.2 Å². The van der Waals surface area contributed by atoms with Gasteiger partial charge in [-0.3, -0.25) is 4.72 Å². The Balaban J connectivity index is 1.56. The monoisotopic (exact) mass is 441 g/mol. The molecule has 0 spiro atoms. The lowest BCUT2D eigenvalue weighted by Gasteiger charge is -2.07. The van der Waals surface area contributed by atoms with Crippen LogP contribution in [0.5, 0.6) is 0 Å². The number of hydrogen-bond donors (Lipinski definition) is 2. The number of sulfonamides is 1. The van der Waals surface area contributed by atoms with Crippen molar-refractivity contribution in [3.63, 3.8) is 0 Å². The van der Waals surface area contributed by atoms with Crippen LogP contribution in [0.2, 0.25) is 0 Å². The van der Waals surface area contributed by atoms with Crippen molar-refractivity contribution < 1.29 is 21.6 Å². The van der Waals surface area contributed by atoms with E-state index in [1.54, 1.807) is 36.4 Å². The van der Waals surface area contributed by atoms with Crippen molar-refractivity contribution in [3.8, 4) is 11.8 Å². The van der Waals surface area contributed by atoms with Gasteiger partial charge in [0.2, 0.25) is 0 Å². The highest BCUT2D eigenvalue weighted by molar-refractivity contribution is 7.92. The molecule has 0 unspecified atom stereocenters. The smallest absolute Gasteiger partial charge is 0.331 e. The van der Waals surface area contributed by atoms with Gasteiger partial charge in [-0.1, -0.05) is 24.1 Å².